The lowest BCUT2D eigenvalue weighted by molar-refractivity contribution is -0.0400. The number of rotatable bonds is 2. The van der Waals surface area contributed by atoms with E-state index in [0.717, 1.165) is 0 Å². The summed E-state index contributed by atoms with van der Waals surface area (Å²) in [5.74, 6) is 0.000920. The molecule has 1 N–H and O–H groups in total. The van der Waals surface area contributed by atoms with Crippen LogP contribution in [-0.4, -0.2) is 18.5 Å². The van der Waals surface area contributed by atoms with Crippen molar-refractivity contribution in [3.8, 4) is 12.3 Å². The molecular weight excluding hydrogens is 160 g/mol. The predicted octanol–water partition coefficient (Wildman–Crippen LogP) is 1.79. The summed E-state index contributed by atoms with van der Waals surface area (Å²) in [6.07, 6.45) is 6.10. The Bertz CT molecular complexity index is 173. The topological polar surface area (TPSA) is 12.0 Å². The first-order chi connectivity index (χ1) is 5.64. The second kappa shape index (κ2) is 3.86. The van der Waals surface area contributed by atoms with Crippen LogP contribution in [0.2, 0.25) is 0 Å². The molecule has 1 aliphatic carbocycles. The van der Waals surface area contributed by atoms with Crippen LogP contribution in [0.4, 0.5) is 8.78 Å². The number of alkyl halides is 2. The SMILES string of the molecule is C#CCNC1CCC(F)(F)CC1. The molecule has 0 spiro atoms. The van der Waals surface area contributed by atoms with Crippen LogP contribution in [0.5, 0.6) is 0 Å². The maximum Gasteiger partial charge on any atom is 0.248 e. The maximum atomic E-state index is 12.6. The largest absolute Gasteiger partial charge is 0.303 e. The predicted molar refractivity (Wildman–Crippen MR) is 44.0 cm³/mol. The van der Waals surface area contributed by atoms with Crippen LogP contribution < -0.4 is 5.32 Å². The van der Waals surface area contributed by atoms with E-state index in [9.17, 15) is 8.78 Å². The van der Waals surface area contributed by atoms with Crippen LogP contribution in [-0.2, 0) is 0 Å². The molecule has 0 aromatic rings. The Balaban J connectivity index is 2.23. The monoisotopic (exact) mass is 173 g/mol. The summed E-state index contributed by atoms with van der Waals surface area (Å²) in [5, 5.41) is 3.04. The van der Waals surface area contributed by atoms with Gasteiger partial charge in [-0.15, -0.1) is 6.42 Å². The fourth-order valence-corrected chi connectivity index (χ4v) is 1.45. The summed E-state index contributed by atoms with van der Waals surface area (Å²) < 4.78 is 25.3. The van der Waals surface area contributed by atoms with Crippen molar-refractivity contribution in [2.24, 2.45) is 0 Å². The Kier molecular flexibility index (Phi) is 3.05. The molecule has 1 rings (SSSR count). The van der Waals surface area contributed by atoms with E-state index in [1.54, 1.807) is 0 Å². The average molecular weight is 173 g/mol. The Morgan fingerprint density at radius 1 is 1.42 bits per heavy atom. The van der Waals surface area contributed by atoms with Crippen LogP contribution in [0.1, 0.15) is 25.7 Å². The summed E-state index contributed by atoms with van der Waals surface area (Å²) in [6.45, 7) is 0.482. The van der Waals surface area contributed by atoms with Crippen LogP contribution in [0.15, 0.2) is 0 Å². The van der Waals surface area contributed by atoms with Gasteiger partial charge in [0.15, 0.2) is 0 Å². The zero-order chi connectivity index (χ0) is 9.03. The van der Waals surface area contributed by atoms with E-state index in [2.05, 4.69) is 11.2 Å². The van der Waals surface area contributed by atoms with E-state index in [0.29, 0.717) is 19.4 Å². The van der Waals surface area contributed by atoms with Crippen LogP contribution >= 0.6 is 0 Å². The standard InChI is InChI=1S/C9H13F2N/c1-2-7-12-8-3-5-9(10,11)6-4-8/h1,8,12H,3-7H2. The smallest absolute Gasteiger partial charge is 0.248 e. The number of hydrogen-bond acceptors (Lipinski definition) is 1. The summed E-state index contributed by atoms with van der Waals surface area (Å²) in [6, 6.07) is 0.195. The molecule has 1 fully saturated rings. The van der Waals surface area contributed by atoms with Gasteiger partial charge in [-0.3, -0.25) is 0 Å². The first kappa shape index (κ1) is 9.47. The van der Waals surface area contributed by atoms with Gasteiger partial charge < -0.3 is 5.32 Å². The van der Waals surface area contributed by atoms with Gasteiger partial charge in [-0.25, -0.2) is 8.78 Å². The molecule has 0 aromatic carbocycles. The van der Waals surface area contributed by atoms with Crippen LogP contribution in [0.3, 0.4) is 0 Å². The lowest BCUT2D eigenvalue weighted by Gasteiger charge is -2.28. The van der Waals surface area contributed by atoms with E-state index in [1.165, 1.54) is 0 Å². The van der Waals surface area contributed by atoms with Crippen molar-refractivity contribution >= 4 is 0 Å². The van der Waals surface area contributed by atoms with E-state index >= 15 is 0 Å². The molecule has 0 radical (unpaired) electrons. The minimum atomic E-state index is -2.44. The Labute approximate surface area is 71.5 Å². The summed E-state index contributed by atoms with van der Waals surface area (Å²) in [7, 11) is 0. The highest BCUT2D eigenvalue weighted by Gasteiger charge is 2.34. The zero-order valence-corrected chi connectivity index (χ0v) is 6.95. The molecule has 0 unspecified atom stereocenters. The average Bonchev–Trinajstić information content (AvgIpc) is 2.03. The minimum Gasteiger partial charge on any atom is -0.303 e. The first-order valence-corrected chi connectivity index (χ1v) is 4.19. The van der Waals surface area contributed by atoms with Crippen LogP contribution in [0.25, 0.3) is 0 Å². The summed E-state index contributed by atoms with van der Waals surface area (Å²) in [4.78, 5) is 0. The van der Waals surface area contributed by atoms with E-state index in [-0.39, 0.29) is 18.9 Å². The van der Waals surface area contributed by atoms with Crippen molar-refractivity contribution < 1.29 is 8.78 Å². The van der Waals surface area contributed by atoms with Gasteiger partial charge in [0.2, 0.25) is 5.92 Å². The molecule has 0 aromatic heterocycles. The molecule has 1 nitrogen and oxygen atoms in total. The molecule has 0 bridgehead atoms. The quantitative estimate of drug-likeness (QED) is 0.628. The first-order valence-electron chi connectivity index (χ1n) is 4.19. The number of nitrogens with one attached hydrogen (secondary N) is 1. The van der Waals surface area contributed by atoms with Gasteiger partial charge in [0, 0.05) is 18.9 Å². The van der Waals surface area contributed by atoms with Crippen molar-refractivity contribution in [1.82, 2.24) is 5.32 Å². The Morgan fingerprint density at radius 2 is 2.00 bits per heavy atom. The van der Waals surface area contributed by atoms with Gasteiger partial charge in [-0.2, -0.15) is 0 Å². The van der Waals surface area contributed by atoms with Crippen molar-refractivity contribution in [1.29, 1.82) is 0 Å². The highest BCUT2D eigenvalue weighted by molar-refractivity contribution is 4.90. The molecule has 0 aliphatic heterocycles. The molecule has 12 heavy (non-hydrogen) atoms. The fourth-order valence-electron chi connectivity index (χ4n) is 1.45. The Morgan fingerprint density at radius 3 is 2.50 bits per heavy atom. The van der Waals surface area contributed by atoms with Crippen LogP contribution in [0, 0.1) is 12.3 Å². The van der Waals surface area contributed by atoms with Gasteiger partial charge in [0.05, 0.1) is 6.54 Å². The van der Waals surface area contributed by atoms with Gasteiger partial charge in [-0.05, 0) is 12.8 Å². The molecule has 0 heterocycles. The van der Waals surface area contributed by atoms with Crippen molar-refractivity contribution in [2.75, 3.05) is 6.54 Å². The van der Waals surface area contributed by atoms with Crippen molar-refractivity contribution in [3.05, 3.63) is 0 Å². The fraction of sp³-hybridized carbons (Fsp3) is 0.778. The van der Waals surface area contributed by atoms with E-state index < -0.39 is 5.92 Å². The van der Waals surface area contributed by atoms with Gasteiger partial charge in [0.25, 0.3) is 0 Å². The van der Waals surface area contributed by atoms with Crippen molar-refractivity contribution in [2.45, 2.75) is 37.6 Å². The van der Waals surface area contributed by atoms with Gasteiger partial charge >= 0.3 is 0 Å². The summed E-state index contributed by atoms with van der Waals surface area (Å²) >= 11 is 0. The zero-order valence-electron chi connectivity index (χ0n) is 6.95. The normalized spacial score (nSPS) is 23.4. The maximum absolute atomic E-state index is 12.6. The van der Waals surface area contributed by atoms with Gasteiger partial charge in [-0.1, -0.05) is 5.92 Å². The Hall–Kier alpha value is -0.620. The van der Waals surface area contributed by atoms with E-state index in [4.69, 9.17) is 6.42 Å². The second-order valence-electron chi connectivity index (χ2n) is 3.22. The molecular formula is C9H13F2N. The molecule has 3 heteroatoms. The number of halogens is 2. The lowest BCUT2D eigenvalue weighted by atomic mass is 9.92. The van der Waals surface area contributed by atoms with Gasteiger partial charge in [0.1, 0.15) is 0 Å². The van der Waals surface area contributed by atoms with Crippen molar-refractivity contribution in [3.63, 3.8) is 0 Å². The molecule has 68 valence electrons. The summed E-state index contributed by atoms with van der Waals surface area (Å²) in [5.41, 5.74) is 0. The highest BCUT2D eigenvalue weighted by atomic mass is 19.3. The molecule has 0 saturated heterocycles. The molecule has 0 amide bonds. The third kappa shape index (κ3) is 2.78. The van der Waals surface area contributed by atoms with E-state index in [1.807, 2.05) is 0 Å². The minimum absolute atomic E-state index is 0.00472. The molecule has 0 atom stereocenters. The number of terminal acetylenes is 1. The third-order valence-electron chi connectivity index (χ3n) is 2.21. The third-order valence-corrected chi connectivity index (χ3v) is 2.21. The molecule has 1 aliphatic rings. The molecule has 1 saturated carbocycles. The second-order valence-corrected chi connectivity index (χ2v) is 3.22. The number of hydrogen-bond donors (Lipinski definition) is 1. The highest BCUT2D eigenvalue weighted by Crippen LogP contribution is 2.32. The lowest BCUT2D eigenvalue weighted by Crippen LogP contribution is -2.37.